The minimum Gasteiger partial charge on any atom is -0.393 e. The first-order valence-corrected chi connectivity index (χ1v) is 7.05. The summed E-state index contributed by atoms with van der Waals surface area (Å²) in [7, 11) is 0. The summed E-state index contributed by atoms with van der Waals surface area (Å²) >= 11 is 12.0. The van der Waals surface area contributed by atoms with Crippen molar-refractivity contribution in [1.82, 2.24) is 5.32 Å². The van der Waals surface area contributed by atoms with Gasteiger partial charge in [-0.2, -0.15) is 0 Å². The molecule has 0 radical (unpaired) electrons. The molecule has 0 aliphatic heterocycles. The molecule has 1 aromatic carbocycles. The summed E-state index contributed by atoms with van der Waals surface area (Å²) in [6.07, 6.45) is 0.292. The van der Waals surface area contributed by atoms with Crippen LogP contribution in [0.2, 0.25) is 10.0 Å². The number of rotatable bonds is 6. The van der Waals surface area contributed by atoms with Crippen molar-refractivity contribution in [3.05, 3.63) is 33.8 Å². The zero-order valence-electron chi connectivity index (χ0n) is 11.1. The zero-order chi connectivity index (χ0) is 14.4. The summed E-state index contributed by atoms with van der Waals surface area (Å²) in [6.45, 7) is 4.33. The van der Waals surface area contributed by atoms with Gasteiger partial charge in [0.1, 0.15) is 0 Å². The highest BCUT2D eigenvalue weighted by Gasteiger charge is 2.12. The lowest BCUT2D eigenvalue weighted by Gasteiger charge is -2.14. The van der Waals surface area contributed by atoms with Gasteiger partial charge in [0, 0.05) is 16.6 Å². The normalized spacial score (nSPS) is 12.5. The van der Waals surface area contributed by atoms with Crippen LogP contribution in [0.5, 0.6) is 0 Å². The summed E-state index contributed by atoms with van der Waals surface area (Å²) in [5.74, 6) is 0.0425. The summed E-state index contributed by atoms with van der Waals surface area (Å²) in [5, 5.41) is 13.4. The molecule has 2 N–H and O–H groups in total. The molecule has 1 rings (SSSR count). The topological polar surface area (TPSA) is 49.3 Å². The van der Waals surface area contributed by atoms with Crippen molar-refractivity contribution in [3.8, 4) is 0 Å². The van der Waals surface area contributed by atoms with Gasteiger partial charge < -0.3 is 10.4 Å². The number of halogens is 2. The molecule has 1 aromatic rings. The Morgan fingerprint density at radius 3 is 2.42 bits per heavy atom. The van der Waals surface area contributed by atoms with E-state index >= 15 is 0 Å². The van der Waals surface area contributed by atoms with Crippen molar-refractivity contribution in [2.45, 2.75) is 32.8 Å². The molecule has 0 saturated carbocycles. The number of aliphatic hydroxyl groups is 1. The number of amides is 1. The minimum absolute atomic E-state index is 0.147. The lowest BCUT2D eigenvalue weighted by atomic mass is 10.0. The predicted octanol–water partition coefficient (Wildman–Crippen LogP) is 3.06. The van der Waals surface area contributed by atoms with Crippen LogP contribution in [0, 0.1) is 5.92 Å². The Labute approximate surface area is 123 Å². The number of benzene rings is 1. The fourth-order valence-electron chi connectivity index (χ4n) is 1.62. The molecular weight excluding hydrogens is 285 g/mol. The third-order valence-electron chi connectivity index (χ3n) is 2.93. The molecule has 0 fully saturated rings. The van der Waals surface area contributed by atoms with E-state index in [0.29, 0.717) is 28.6 Å². The monoisotopic (exact) mass is 303 g/mol. The molecule has 0 spiro atoms. The number of hydrogen-bond donors (Lipinski definition) is 2. The molecule has 106 valence electrons. The lowest BCUT2D eigenvalue weighted by molar-refractivity contribution is -0.120. The van der Waals surface area contributed by atoms with Crippen LogP contribution >= 0.6 is 23.2 Å². The molecule has 1 atom stereocenters. The van der Waals surface area contributed by atoms with E-state index in [-0.39, 0.29) is 18.2 Å². The third-order valence-corrected chi connectivity index (χ3v) is 3.64. The lowest BCUT2D eigenvalue weighted by Crippen LogP contribution is -2.29. The fraction of sp³-hybridized carbons (Fsp3) is 0.500. The van der Waals surface area contributed by atoms with Crippen molar-refractivity contribution in [2.75, 3.05) is 6.54 Å². The standard InChI is InChI=1S/C14H19Cl2NO2/c1-9(2)13(18)6-7-17-14(19)8-10-11(15)4-3-5-12(10)16/h3-5,9,13,18H,6-8H2,1-2H3,(H,17,19). The largest absolute Gasteiger partial charge is 0.393 e. The van der Waals surface area contributed by atoms with Gasteiger partial charge in [-0.05, 0) is 30.0 Å². The van der Waals surface area contributed by atoms with E-state index in [1.54, 1.807) is 18.2 Å². The van der Waals surface area contributed by atoms with E-state index in [9.17, 15) is 9.90 Å². The molecule has 0 aliphatic rings. The number of hydrogen-bond acceptors (Lipinski definition) is 2. The van der Waals surface area contributed by atoms with Crippen LogP contribution in [0.1, 0.15) is 25.8 Å². The van der Waals surface area contributed by atoms with Crippen molar-refractivity contribution >= 4 is 29.1 Å². The quantitative estimate of drug-likeness (QED) is 0.848. The molecule has 19 heavy (non-hydrogen) atoms. The highest BCUT2D eigenvalue weighted by Crippen LogP contribution is 2.24. The maximum Gasteiger partial charge on any atom is 0.224 e. The van der Waals surface area contributed by atoms with Gasteiger partial charge in [-0.25, -0.2) is 0 Å². The van der Waals surface area contributed by atoms with Crippen molar-refractivity contribution in [1.29, 1.82) is 0 Å². The van der Waals surface area contributed by atoms with Crippen molar-refractivity contribution in [3.63, 3.8) is 0 Å². The number of carbonyl (C=O) groups is 1. The summed E-state index contributed by atoms with van der Waals surface area (Å²) in [4.78, 5) is 11.8. The van der Waals surface area contributed by atoms with Gasteiger partial charge in [-0.15, -0.1) is 0 Å². The van der Waals surface area contributed by atoms with E-state index in [0.717, 1.165) is 0 Å². The van der Waals surface area contributed by atoms with Gasteiger partial charge in [0.25, 0.3) is 0 Å². The Hall–Kier alpha value is -0.770. The molecule has 0 heterocycles. The smallest absolute Gasteiger partial charge is 0.224 e. The Bertz CT molecular complexity index is 415. The van der Waals surface area contributed by atoms with Crippen LogP contribution in [0.3, 0.4) is 0 Å². The Kier molecular flexibility index (Phi) is 6.63. The van der Waals surface area contributed by atoms with Crippen LogP contribution in [0.15, 0.2) is 18.2 Å². The molecule has 0 aliphatic carbocycles. The summed E-state index contributed by atoms with van der Waals surface area (Å²) in [5.41, 5.74) is 0.632. The fourth-order valence-corrected chi connectivity index (χ4v) is 2.15. The van der Waals surface area contributed by atoms with Crippen LogP contribution < -0.4 is 5.32 Å². The summed E-state index contributed by atoms with van der Waals surface area (Å²) < 4.78 is 0. The van der Waals surface area contributed by atoms with Crippen molar-refractivity contribution in [2.24, 2.45) is 5.92 Å². The molecular formula is C14H19Cl2NO2. The predicted molar refractivity (Wildman–Crippen MR) is 78.6 cm³/mol. The van der Waals surface area contributed by atoms with E-state index in [1.165, 1.54) is 0 Å². The molecule has 1 unspecified atom stereocenters. The summed E-state index contributed by atoms with van der Waals surface area (Å²) in [6, 6.07) is 5.15. The first kappa shape index (κ1) is 16.3. The number of nitrogens with one attached hydrogen (secondary N) is 1. The Morgan fingerprint density at radius 2 is 1.89 bits per heavy atom. The van der Waals surface area contributed by atoms with E-state index in [2.05, 4.69) is 5.32 Å². The number of carbonyl (C=O) groups excluding carboxylic acids is 1. The van der Waals surface area contributed by atoms with Gasteiger partial charge in [0.15, 0.2) is 0 Å². The third kappa shape index (κ3) is 5.39. The highest BCUT2D eigenvalue weighted by atomic mass is 35.5. The maximum absolute atomic E-state index is 11.8. The second kappa shape index (κ2) is 7.73. The van der Waals surface area contributed by atoms with Crippen molar-refractivity contribution < 1.29 is 9.90 Å². The first-order chi connectivity index (χ1) is 8.91. The second-order valence-electron chi connectivity index (χ2n) is 4.83. The maximum atomic E-state index is 11.8. The van der Waals surface area contributed by atoms with Gasteiger partial charge in [0.2, 0.25) is 5.91 Å². The van der Waals surface area contributed by atoms with Crippen LogP contribution in [0.25, 0.3) is 0 Å². The Morgan fingerprint density at radius 1 is 1.32 bits per heavy atom. The molecule has 1 amide bonds. The van der Waals surface area contributed by atoms with Crippen LogP contribution in [0.4, 0.5) is 0 Å². The minimum atomic E-state index is -0.399. The van der Waals surface area contributed by atoms with Gasteiger partial charge in [0.05, 0.1) is 12.5 Å². The average molecular weight is 304 g/mol. The second-order valence-corrected chi connectivity index (χ2v) is 5.64. The Balaban J connectivity index is 2.44. The van der Waals surface area contributed by atoms with E-state index in [1.807, 2.05) is 13.8 Å². The highest BCUT2D eigenvalue weighted by molar-refractivity contribution is 6.36. The molecule has 0 bridgehead atoms. The van der Waals surface area contributed by atoms with Gasteiger partial charge in [-0.1, -0.05) is 43.1 Å². The molecule has 3 nitrogen and oxygen atoms in total. The SMILES string of the molecule is CC(C)C(O)CCNC(=O)Cc1c(Cl)cccc1Cl. The number of aliphatic hydroxyl groups excluding tert-OH is 1. The average Bonchev–Trinajstić information content (AvgIpc) is 2.33. The molecule has 0 aromatic heterocycles. The molecule has 5 heteroatoms. The zero-order valence-corrected chi connectivity index (χ0v) is 12.6. The van der Waals surface area contributed by atoms with Gasteiger partial charge >= 0.3 is 0 Å². The van der Waals surface area contributed by atoms with E-state index in [4.69, 9.17) is 23.2 Å². The molecule has 0 saturated heterocycles. The van der Waals surface area contributed by atoms with Crippen LogP contribution in [-0.2, 0) is 11.2 Å². The van der Waals surface area contributed by atoms with E-state index < -0.39 is 6.10 Å². The first-order valence-electron chi connectivity index (χ1n) is 6.29. The van der Waals surface area contributed by atoms with Crippen LogP contribution in [-0.4, -0.2) is 23.7 Å². The van der Waals surface area contributed by atoms with Gasteiger partial charge in [-0.3, -0.25) is 4.79 Å².